The summed E-state index contributed by atoms with van der Waals surface area (Å²) in [7, 11) is 0. The molecule has 0 amide bonds. The molecule has 0 spiro atoms. The van der Waals surface area contributed by atoms with Gasteiger partial charge in [-0.3, -0.25) is 4.79 Å². The molecule has 0 aliphatic rings. The van der Waals surface area contributed by atoms with Gasteiger partial charge in [-0.15, -0.1) is 0 Å². The molecule has 1 aromatic rings. The van der Waals surface area contributed by atoms with Crippen LogP contribution in [0.3, 0.4) is 0 Å². The largest absolute Gasteiger partial charge is 0.281 e. The van der Waals surface area contributed by atoms with E-state index < -0.39 is 0 Å². The van der Waals surface area contributed by atoms with E-state index in [9.17, 15) is 4.79 Å². The first-order chi connectivity index (χ1) is 6.15. The molecule has 1 heterocycles. The second-order valence-corrected chi connectivity index (χ2v) is 3.94. The average molecular weight is 266 g/mol. The Morgan fingerprint density at radius 3 is 3.00 bits per heavy atom. The lowest BCUT2D eigenvalue weighted by molar-refractivity contribution is 0.541. The number of nitrogens with zero attached hydrogens (tertiary/aromatic N) is 2. The lowest BCUT2D eigenvalue weighted by Crippen LogP contribution is -2.23. The van der Waals surface area contributed by atoms with Crippen LogP contribution in [0.2, 0.25) is 5.15 Å². The molecule has 0 saturated heterocycles. The van der Waals surface area contributed by atoms with Gasteiger partial charge in [-0.25, -0.2) is 4.68 Å². The van der Waals surface area contributed by atoms with Gasteiger partial charge in [0, 0.05) is 6.54 Å². The lowest BCUT2D eigenvalue weighted by Gasteiger charge is -2.03. The van der Waals surface area contributed by atoms with Crippen LogP contribution >= 0.6 is 27.5 Å². The van der Waals surface area contributed by atoms with Crippen molar-refractivity contribution in [2.75, 3.05) is 0 Å². The molecule has 0 radical (unpaired) electrons. The van der Waals surface area contributed by atoms with Crippen molar-refractivity contribution in [3.8, 4) is 0 Å². The molecule has 0 aliphatic heterocycles. The first-order valence-electron chi connectivity index (χ1n) is 4.08. The van der Waals surface area contributed by atoms with E-state index in [-0.39, 0.29) is 5.56 Å². The summed E-state index contributed by atoms with van der Waals surface area (Å²) in [6.45, 7) is 2.68. The van der Waals surface area contributed by atoms with Crippen molar-refractivity contribution >= 4 is 27.5 Å². The zero-order valence-electron chi connectivity index (χ0n) is 7.26. The molecule has 0 saturated carbocycles. The highest BCUT2D eigenvalue weighted by atomic mass is 79.9. The van der Waals surface area contributed by atoms with Gasteiger partial charge in [0.05, 0.1) is 4.47 Å². The Kier molecular flexibility index (Phi) is 3.93. The van der Waals surface area contributed by atoms with E-state index in [0.29, 0.717) is 16.2 Å². The molecule has 0 aliphatic carbocycles. The highest BCUT2D eigenvalue weighted by Crippen LogP contribution is 2.08. The molecule has 13 heavy (non-hydrogen) atoms. The smallest absolute Gasteiger partial charge is 0.267 e. The number of rotatable bonds is 3. The van der Waals surface area contributed by atoms with E-state index in [0.717, 1.165) is 12.8 Å². The Bertz CT molecular complexity index is 350. The summed E-state index contributed by atoms with van der Waals surface area (Å²) in [5.41, 5.74) is -0.127. The van der Waals surface area contributed by atoms with E-state index >= 15 is 0 Å². The number of halogens is 2. The third kappa shape index (κ3) is 2.81. The topological polar surface area (TPSA) is 34.9 Å². The van der Waals surface area contributed by atoms with Crippen molar-refractivity contribution in [2.24, 2.45) is 0 Å². The molecule has 72 valence electrons. The summed E-state index contributed by atoms with van der Waals surface area (Å²) in [6.07, 6.45) is 1.96. The first kappa shape index (κ1) is 10.7. The Labute approximate surface area is 89.8 Å². The second-order valence-electron chi connectivity index (χ2n) is 2.70. The fourth-order valence-electron chi connectivity index (χ4n) is 0.939. The van der Waals surface area contributed by atoms with Crippen LogP contribution in [0, 0.1) is 0 Å². The summed E-state index contributed by atoms with van der Waals surface area (Å²) in [4.78, 5) is 11.4. The number of unbranched alkanes of at least 4 members (excludes halogenated alkanes) is 1. The predicted octanol–water partition coefficient (Wildman–Crippen LogP) is 2.46. The van der Waals surface area contributed by atoms with E-state index in [2.05, 4.69) is 28.0 Å². The maximum atomic E-state index is 11.4. The van der Waals surface area contributed by atoms with Gasteiger partial charge in [0.15, 0.2) is 5.15 Å². The molecule has 3 nitrogen and oxygen atoms in total. The van der Waals surface area contributed by atoms with Gasteiger partial charge < -0.3 is 0 Å². The van der Waals surface area contributed by atoms with Crippen LogP contribution in [0.15, 0.2) is 15.3 Å². The van der Waals surface area contributed by atoms with E-state index in [1.54, 1.807) is 0 Å². The first-order valence-corrected chi connectivity index (χ1v) is 5.25. The molecule has 0 N–H and O–H groups in total. The minimum absolute atomic E-state index is 0.127. The minimum Gasteiger partial charge on any atom is -0.267 e. The molecular weight excluding hydrogens is 255 g/mol. The Balaban J connectivity index is 2.99. The molecule has 0 unspecified atom stereocenters. The molecule has 0 atom stereocenters. The molecule has 1 rings (SSSR count). The molecule has 5 heteroatoms. The maximum Gasteiger partial charge on any atom is 0.281 e. The standard InChI is InChI=1S/C8H10BrClN2O/c1-2-3-4-12-8(13)6(9)5-7(10)11-12/h5H,2-4H2,1H3. The van der Waals surface area contributed by atoms with Crippen LogP contribution in [0.1, 0.15) is 19.8 Å². The normalized spacial score (nSPS) is 10.4. The Morgan fingerprint density at radius 2 is 2.38 bits per heavy atom. The fraction of sp³-hybridized carbons (Fsp3) is 0.500. The van der Waals surface area contributed by atoms with Crippen LogP contribution in [0.25, 0.3) is 0 Å². The van der Waals surface area contributed by atoms with Crippen molar-refractivity contribution < 1.29 is 0 Å². The third-order valence-corrected chi connectivity index (χ3v) is 2.38. The summed E-state index contributed by atoms with van der Waals surface area (Å²) in [5, 5.41) is 4.25. The number of hydrogen-bond acceptors (Lipinski definition) is 2. The molecular formula is C8H10BrClN2O. The fourth-order valence-corrected chi connectivity index (χ4v) is 1.69. The van der Waals surface area contributed by atoms with Gasteiger partial charge in [-0.05, 0) is 28.4 Å². The highest BCUT2D eigenvalue weighted by Gasteiger charge is 2.03. The van der Waals surface area contributed by atoms with Gasteiger partial charge >= 0.3 is 0 Å². The Morgan fingerprint density at radius 1 is 1.69 bits per heavy atom. The molecule has 0 fully saturated rings. The third-order valence-electron chi connectivity index (χ3n) is 1.62. The van der Waals surface area contributed by atoms with Crippen LogP contribution in [-0.2, 0) is 6.54 Å². The van der Waals surface area contributed by atoms with Crippen molar-refractivity contribution in [3.05, 3.63) is 26.0 Å². The molecule has 0 bridgehead atoms. The summed E-state index contributed by atoms with van der Waals surface area (Å²) < 4.78 is 1.85. The Hall–Kier alpha value is -0.350. The summed E-state index contributed by atoms with van der Waals surface area (Å²) in [6, 6.07) is 1.51. The second kappa shape index (κ2) is 4.77. The maximum absolute atomic E-state index is 11.4. The van der Waals surface area contributed by atoms with Gasteiger partial charge in [-0.1, -0.05) is 24.9 Å². The van der Waals surface area contributed by atoms with Crippen molar-refractivity contribution in [3.63, 3.8) is 0 Å². The molecule has 1 aromatic heterocycles. The van der Waals surface area contributed by atoms with Crippen LogP contribution in [-0.4, -0.2) is 9.78 Å². The van der Waals surface area contributed by atoms with Crippen molar-refractivity contribution in [1.29, 1.82) is 0 Å². The minimum atomic E-state index is -0.127. The van der Waals surface area contributed by atoms with Gasteiger partial charge in [0.2, 0.25) is 0 Å². The van der Waals surface area contributed by atoms with Gasteiger partial charge in [0.25, 0.3) is 5.56 Å². The van der Waals surface area contributed by atoms with Crippen molar-refractivity contribution in [2.45, 2.75) is 26.3 Å². The monoisotopic (exact) mass is 264 g/mol. The van der Waals surface area contributed by atoms with Crippen LogP contribution < -0.4 is 5.56 Å². The average Bonchev–Trinajstić information content (AvgIpc) is 2.09. The zero-order valence-corrected chi connectivity index (χ0v) is 9.60. The predicted molar refractivity (Wildman–Crippen MR) is 56.1 cm³/mol. The summed E-state index contributed by atoms with van der Waals surface area (Å²) in [5.74, 6) is 0. The molecule has 0 aromatic carbocycles. The number of aromatic nitrogens is 2. The van der Waals surface area contributed by atoms with Crippen LogP contribution in [0.5, 0.6) is 0 Å². The summed E-state index contributed by atoms with van der Waals surface area (Å²) >= 11 is 8.83. The zero-order chi connectivity index (χ0) is 9.84. The number of hydrogen-bond donors (Lipinski definition) is 0. The van der Waals surface area contributed by atoms with Gasteiger partial charge in [0.1, 0.15) is 0 Å². The van der Waals surface area contributed by atoms with Gasteiger partial charge in [-0.2, -0.15) is 5.10 Å². The lowest BCUT2D eigenvalue weighted by atomic mass is 10.3. The van der Waals surface area contributed by atoms with Crippen LogP contribution in [0.4, 0.5) is 0 Å². The van der Waals surface area contributed by atoms with E-state index in [4.69, 9.17) is 11.6 Å². The van der Waals surface area contributed by atoms with Crippen molar-refractivity contribution in [1.82, 2.24) is 9.78 Å². The number of aryl methyl sites for hydroxylation is 1. The highest BCUT2D eigenvalue weighted by molar-refractivity contribution is 9.10. The SMILES string of the molecule is CCCCn1nc(Cl)cc(Br)c1=O. The quantitative estimate of drug-likeness (QED) is 0.841. The van der Waals surface area contributed by atoms with E-state index in [1.807, 2.05) is 0 Å². The van der Waals surface area contributed by atoms with E-state index in [1.165, 1.54) is 10.7 Å².